The highest BCUT2D eigenvalue weighted by atomic mass is 35.5. The van der Waals surface area contributed by atoms with Crippen LogP contribution in [-0.2, 0) is 16.1 Å². The third-order valence-electron chi connectivity index (χ3n) is 6.51. The first kappa shape index (κ1) is 32.2. The highest BCUT2D eigenvalue weighted by Crippen LogP contribution is 2.31. The molecule has 0 spiro atoms. The first-order valence-electron chi connectivity index (χ1n) is 13.6. The summed E-state index contributed by atoms with van der Waals surface area (Å²) in [5.74, 6) is 0.314. The highest BCUT2D eigenvalue weighted by molar-refractivity contribution is 7.99. The number of rotatable bonds is 12. The molecule has 1 N–H and O–H groups in total. The number of thiazole rings is 1. The van der Waals surface area contributed by atoms with E-state index in [4.69, 9.17) is 26.1 Å². The number of amides is 2. The Morgan fingerprint density at radius 2 is 1.70 bits per heavy atom. The van der Waals surface area contributed by atoms with Gasteiger partial charge in [0.05, 0.1) is 37.9 Å². The molecule has 0 saturated heterocycles. The fourth-order valence-corrected chi connectivity index (χ4v) is 6.27. The van der Waals surface area contributed by atoms with E-state index < -0.39 is 6.04 Å². The van der Waals surface area contributed by atoms with E-state index in [9.17, 15) is 9.59 Å². The number of nitrogens with one attached hydrogen (secondary N) is 1. The molecule has 1 atom stereocenters. The molecule has 4 rings (SSSR count). The summed E-state index contributed by atoms with van der Waals surface area (Å²) in [4.78, 5) is 43.1. The van der Waals surface area contributed by atoms with Gasteiger partial charge < -0.3 is 19.7 Å². The molecule has 226 valence electrons. The summed E-state index contributed by atoms with van der Waals surface area (Å²) < 4.78 is 10.8. The summed E-state index contributed by atoms with van der Waals surface area (Å²) in [7, 11) is 3.08. The fourth-order valence-electron chi connectivity index (χ4n) is 4.50. The van der Waals surface area contributed by atoms with E-state index >= 15 is 0 Å². The van der Waals surface area contributed by atoms with Crippen molar-refractivity contribution in [2.45, 2.75) is 45.4 Å². The van der Waals surface area contributed by atoms with E-state index in [0.717, 1.165) is 22.6 Å². The smallest absolute Gasteiger partial charge is 0.247 e. The normalized spacial score (nSPS) is 11.7. The first-order chi connectivity index (χ1) is 20.6. The standard InChI is InChI=1S/C31H34ClN5O4S2/c1-18(2)29(30(39)36-24-12-11-23(40-5)14-26(24)41-6)37(28(38)17-43-31-33-19(3)13-20(4)34-31)15-27-35-25(16-42-27)21-7-9-22(32)10-8-21/h7-14,16,18,29H,15,17H2,1-6H3,(H,36,39). The van der Waals surface area contributed by atoms with Crippen molar-refractivity contribution in [3.8, 4) is 22.8 Å². The number of halogens is 1. The largest absolute Gasteiger partial charge is 0.497 e. The van der Waals surface area contributed by atoms with Crippen LogP contribution in [0.15, 0.2) is 59.1 Å². The minimum absolute atomic E-state index is 0.0562. The minimum atomic E-state index is -0.803. The second kappa shape index (κ2) is 14.7. The van der Waals surface area contributed by atoms with Crippen LogP contribution in [0.4, 0.5) is 5.69 Å². The predicted molar refractivity (Wildman–Crippen MR) is 172 cm³/mol. The van der Waals surface area contributed by atoms with Crippen molar-refractivity contribution < 1.29 is 19.1 Å². The van der Waals surface area contributed by atoms with Gasteiger partial charge >= 0.3 is 0 Å². The molecule has 2 aromatic carbocycles. The number of carbonyl (C=O) groups is 2. The van der Waals surface area contributed by atoms with Crippen LogP contribution in [0.25, 0.3) is 11.3 Å². The maximum absolute atomic E-state index is 13.9. The molecule has 9 nitrogen and oxygen atoms in total. The number of aryl methyl sites for hydroxylation is 2. The van der Waals surface area contributed by atoms with E-state index in [2.05, 4.69) is 15.3 Å². The zero-order valence-corrected chi connectivity index (χ0v) is 27.3. The summed E-state index contributed by atoms with van der Waals surface area (Å²) in [6.07, 6.45) is 0. The number of aromatic nitrogens is 3. The number of hydrogen-bond donors (Lipinski definition) is 1. The number of methoxy groups -OCH3 is 2. The Kier molecular flexibility index (Phi) is 11.0. The van der Waals surface area contributed by atoms with Crippen molar-refractivity contribution in [2.75, 3.05) is 25.3 Å². The van der Waals surface area contributed by atoms with Crippen LogP contribution in [0.5, 0.6) is 11.5 Å². The van der Waals surface area contributed by atoms with Crippen LogP contribution in [0.3, 0.4) is 0 Å². The molecule has 0 bridgehead atoms. The zero-order valence-electron chi connectivity index (χ0n) is 24.9. The lowest BCUT2D eigenvalue weighted by Crippen LogP contribution is -2.50. The maximum Gasteiger partial charge on any atom is 0.247 e. The van der Waals surface area contributed by atoms with Gasteiger partial charge in [-0.2, -0.15) is 0 Å². The van der Waals surface area contributed by atoms with E-state index in [0.29, 0.717) is 32.4 Å². The van der Waals surface area contributed by atoms with Crippen molar-refractivity contribution in [1.29, 1.82) is 0 Å². The van der Waals surface area contributed by atoms with Crippen LogP contribution < -0.4 is 14.8 Å². The summed E-state index contributed by atoms with van der Waals surface area (Å²) in [5, 5.41) is 6.75. The number of ether oxygens (including phenoxy) is 2. The second-order valence-corrected chi connectivity index (χ2v) is 12.4. The topological polar surface area (TPSA) is 107 Å². The molecular formula is C31H34ClN5O4S2. The van der Waals surface area contributed by atoms with E-state index in [1.165, 1.54) is 30.2 Å². The number of benzene rings is 2. The van der Waals surface area contributed by atoms with Gasteiger partial charge in [0.2, 0.25) is 11.8 Å². The van der Waals surface area contributed by atoms with Gasteiger partial charge in [-0.25, -0.2) is 15.0 Å². The molecule has 4 aromatic rings. The zero-order chi connectivity index (χ0) is 31.1. The number of nitrogens with zero attached hydrogens (tertiary/aromatic N) is 4. The van der Waals surface area contributed by atoms with Crippen LogP contribution in [0.1, 0.15) is 30.2 Å². The third kappa shape index (κ3) is 8.46. The van der Waals surface area contributed by atoms with Crippen molar-refractivity contribution in [3.05, 3.63) is 75.3 Å². The minimum Gasteiger partial charge on any atom is -0.497 e. The summed E-state index contributed by atoms with van der Waals surface area (Å²) in [6.45, 7) is 7.76. The summed E-state index contributed by atoms with van der Waals surface area (Å²) in [6, 6.07) is 13.6. The Morgan fingerprint density at radius 3 is 2.33 bits per heavy atom. The third-order valence-corrected chi connectivity index (χ3v) is 8.42. The molecule has 2 heterocycles. The lowest BCUT2D eigenvalue weighted by atomic mass is 10.0. The van der Waals surface area contributed by atoms with Gasteiger partial charge in [0.15, 0.2) is 5.16 Å². The molecule has 0 radical (unpaired) electrons. The number of thioether (sulfide) groups is 1. The molecule has 2 amide bonds. The highest BCUT2D eigenvalue weighted by Gasteiger charge is 2.34. The van der Waals surface area contributed by atoms with Crippen molar-refractivity contribution in [3.63, 3.8) is 0 Å². The van der Waals surface area contributed by atoms with Gasteiger partial charge in [-0.1, -0.05) is 49.3 Å². The van der Waals surface area contributed by atoms with E-state index in [1.807, 2.05) is 63.4 Å². The number of carbonyl (C=O) groups excluding carboxylic acids is 2. The number of hydrogen-bond acceptors (Lipinski definition) is 9. The number of anilines is 1. The second-order valence-electron chi connectivity index (χ2n) is 10.1. The Bertz CT molecular complexity index is 1560. The molecule has 0 aliphatic rings. The molecule has 12 heteroatoms. The predicted octanol–water partition coefficient (Wildman–Crippen LogP) is 6.67. The molecule has 43 heavy (non-hydrogen) atoms. The lowest BCUT2D eigenvalue weighted by molar-refractivity contribution is -0.138. The molecular weight excluding hydrogens is 606 g/mol. The SMILES string of the molecule is COc1ccc(NC(=O)C(C(C)C)N(Cc2nc(-c3ccc(Cl)cc3)cs2)C(=O)CSc2nc(C)cc(C)n2)c(OC)c1. The van der Waals surface area contributed by atoms with Gasteiger partial charge in [-0.15, -0.1) is 11.3 Å². The Hall–Kier alpha value is -3.67. The van der Waals surface area contributed by atoms with Gasteiger partial charge in [0, 0.05) is 33.4 Å². The van der Waals surface area contributed by atoms with Crippen LogP contribution in [-0.4, -0.2) is 57.7 Å². The van der Waals surface area contributed by atoms with E-state index in [-0.39, 0.29) is 30.0 Å². The maximum atomic E-state index is 13.9. The molecule has 0 saturated carbocycles. The van der Waals surface area contributed by atoms with Gasteiger partial charge in [0.25, 0.3) is 0 Å². The van der Waals surface area contributed by atoms with Crippen LogP contribution in [0.2, 0.25) is 5.02 Å². The quantitative estimate of drug-likeness (QED) is 0.135. The molecule has 0 fully saturated rings. The van der Waals surface area contributed by atoms with Gasteiger partial charge in [0.1, 0.15) is 22.5 Å². The Morgan fingerprint density at radius 1 is 1.00 bits per heavy atom. The Labute approximate surface area is 265 Å². The van der Waals surface area contributed by atoms with Crippen molar-refractivity contribution >= 4 is 52.2 Å². The van der Waals surface area contributed by atoms with Crippen LogP contribution >= 0.6 is 34.7 Å². The first-order valence-corrected chi connectivity index (χ1v) is 15.8. The van der Waals surface area contributed by atoms with Crippen LogP contribution in [0, 0.1) is 19.8 Å². The molecule has 0 aliphatic heterocycles. The lowest BCUT2D eigenvalue weighted by Gasteiger charge is -2.33. The van der Waals surface area contributed by atoms with E-state index in [1.54, 1.807) is 30.2 Å². The summed E-state index contributed by atoms with van der Waals surface area (Å²) in [5.41, 5.74) is 3.81. The van der Waals surface area contributed by atoms with Crippen molar-refractivity contribution in [2.24, 2.45) is 5.92 Å². The molecule has 2 aromatic heterocycles. The van der Waals surface area contributed by atoms with Gasteiger partial charge in [-0.3, -0.25) is 9.59 Å². The molecule has 0 aliphatic carbocycles. The van der Waals surface area contributed by atoms with Crippen molar-refractivity contribution in [1.82, 2.24) is 19.9 Å². The Balaban J connectivity index is 1.63. The molecule has 1 unspecified atom stereocenters. The fraction of sp³-hybridized carbons (Fsp3) is 0.323. The average molecular weight is 640 g/mol. The average Bonchev–Trinajstić information content (AvgIpc) is 3.44. The summed E-state index contributed by atoms with van der Waals surface area (Å²) >= 11 is 8.74. The van der Waals surface area contributed by atoms with Gasteiger partial charge in [-0.05, 0) is 50.1 Å². The monoisotopic (exact) mass is 639 g/mol.